The molecule has 0 aromatic heterocycles. The SMILES string of the molecule is C=C1C2=NNC(=O)c3cccc(c31)NCCCC2. The second-order valence-corrected chi connectivity index (χ2v) is 4.59. The Morgan fingerprint density at radius 1 is 1.28 bits per heavy atom. The van der Waals surface area contributed by atoms with Crippen LogP contribution >= 0.6 is 0 Å². The first-order valence-electron chi connectivity index (χ1n) is 6.21. The van der Waals surface area contributed by atoms with Crippen LogP contribution in [0.2, 0.25) is 0 Å². The van der Waals surface area contributed by atoms with E-state index in [1.54, 1.807) is 0 Å². The topological polar surface area (TPSA) is 53.5 Å². The van der Waals surface area contributed by atoms with E-state index in [0.717, 1.165) is 48.3 Å². The highest BCUT2D eigenvalue weighted by molar-refractivity contribution is 6.27. The molecule has 4 heteroatoms. The van der Waals surface area contributed by atoms with Crippen molar-refractivity contribution < 1.29 is 4.79 Å². The third-order valence-electron chi connectivity index (χ3n) is 3.41. The molecule has 2 heterocycles. The molecular weight excluding hydrogens is 226 g/mol. The minimum absolute atomic E-state index is 0.162. The van der Waals surface area contributed by atoms with Gasteiger partial charge in [-0.1, -0.05) is 12.6 Å². The predicted molar refractivity (Wildman–Crippen MR) is 72.7 cm³/mol. The molecule has 2 aliphatic heterocycles. The number of allylic oxidation sites excluding steroid dienone is 1. The van der Waals surface area contributed by atoms with E-state index >= 15 is 0 Å². The molecule has 2 bridgehead atoms. The minimum atomic E-state index is -0.162. The van der Waals surface area contributed by atoms with Crippen molar-refractivity contribution in [1.29, 1.82) is 0 Å². The number of fused-ring (bicyclic) bond motifs is 1. The Bertz CT molecular complexity index is 560. The molecular formula is C14H15N3O. The summed E-state index contributed by atoms with van der Waals surface area (Å²) in [6.45, 7) is 5.04. The quantitative estimate of drug-likeness (QED) is 0.732. The first-order valence-corrected chi connectivity index (χ1v) is 6.21. The van der Waals surface area contributed by atoms with E-state index in [2.05, 4.69) is 22.4 Å². The summed E-state index contributed by atoms with van der Waals surface area (Å²) in [6, 6.07) is 5.69. The van der Waals surface area contributed by atoms with Gasteiger partial charge >= 0.3 is 0 Å². The van der Waals surface area contributed by atoms with Crippen LogP contribution in [-0.4, -0.2) is 18.2 Å². The Morgan fingerprint density at radius 2 is 2.17 bits per heavy atom. The Kier molecular flexibility index (Phi) is 2.63. The lowest BCUT2D eigenvalue weighted by atomic mass is 9.94. The number of amides is 1. The molecule has 3 rings (SSSR count). The van der Waals surface area contributed by atoms with Gasteiger partial charge in [0.1, 0.15) is 0 Å². The zero-order chi connectivity index (χ0) is 12.5. The van der Waals surface area contributed by atoms with Crippen LogP contribution in [0, 0.1) is 0 Å². The number of rotatable bonds is 0. The summed E-state index contributed by atoms with van der Waals surface area (Å²) in [5, 5.41) is 7.58. The Balaban J connectivity index is 2.24. The van der Waals surface area contributed by atoms with Gasteiger partial charge in [-0.25, -0.2) is 5.43 Å². The minimum Gasteiger partial charge on any atom is -0.385 e. The lowest BCUT2D eigenvalue weighted by Crippen LogP contribution is -2.18. The van der Waals surface area contributed by atoms with Gasteiger partial charge in [0.2, 0.25) is 0 Å². The van der Waals surface area contributed by atoms with E-state index in [1.807, 2.05) is 18.2 Å². The van der Waals surface area contributed by atoms with Gasteiger partial charge in [0.15, 0.2) is 0 Å². The predicted octanol–water partition coefficient (Wildman–Crippen LogP) is 2.40. The van der Waals surface area contributed by atoms with Gasteiger partial charge in [0.05, 0.1) is 11.3 Å². The van der Waals surface area contributed by atoms with Gasteiger partial charge < -0.3 is 5.32 Å². The number of benzene rings is 1. The number of hydrazone groups is 1. The summed E-state index contributed by atoms with van der Waals surface area (Å²) in [6.07, 6.45) is 2.99. The average Bonchev–Trinajstić information content (AvgIpc) is 2.46. The van der Waals surface area contributed by atoms with Crippen molar-refractivity contribution in [3.05, 3.63) is 35.9 Å². The third kappa shape index (κ3) is 1.70. The summed E-state index contributed by atoms with van der Waals surface area (Å²) in [4.78, 5) is 12.0. The molecule has 0 unspecified atom stereocenters. The second kappa shape index (κ2) is 4.29. The first kappa shape index (κ1) is 11.0. The molecule has 1 amide bonds. The number of hydrogen-bond acceptors (Lipinski definition) is 3. The molecule has 0 atom stereocenters. The van der Waals surface area contributed by atoms with Gasteiger partial charge in [-0.15, -0.1) is 0 Å². The van der Waals surface area contributed by atoms with Crippen molar-refractivity contribution in [2.45, 2.75) is 19.3 Å². The van der Waals surface area contributed by atoms with Gasteiger partial charge in [-0.05, 0) is 31.4 Å². The number of carbonyl (C=O) groups excluding carboxylic acids is 1. The third-order valence-corrected chi connectivity index (χ3v) is 3.41. The summed E-state index contributed by atoms with van der Waals surface area (Å²) < 4.78 is 0. The van der Waals surface area contributed by atoms with Crippen LogP contribution in [-0.2, 0) is 0 Å². The highest BCUT2D eigenvalue weighted by Gasteiger charge is 2.23. The first-order chi connectivity index (χ1) is 8.77. The fourth-order valence-electron chi connectivity index (χ4n) is 2.45. The number of nitrogens with zero attached hydrogens (tertiary/aromatic N) is 1. The molecule has 18 heavy (non-hydrogen) atoms. The normalized spacial score (nSPS) is 18.6. The van der Waals surface area contributed by atoms with Gasteiger partial charge in [-0.3, -0.25) is 4.79 Å². The summed E-state index contributed by atoms with van der Waals surface area (Å²) in [5.41, 5.74) is 6.86. The van der Waals surface area contributed by atoms with E-state index in [4.69, 9.17) is 0 Å². The molecule has 92 valence electrons. The molecule has 0 saturated heterocycles. The van der Waals surface area contributed by atoms with Crippen molar-refractivity contribution >= 4 is 22.9 Å². The van der Waals surface area contributed by atoms with Crippen LogP contribution in [0.1, 0.15) is 35.2 Å². The Labute approximate surface area is 106 Å². The van der Waals surface area contributed by atoms with Crippen LogP contribution in [0.25, 0.3) is 5.57 Å². The highest BCUT2D eigenvalue weighted by Crippen LogP contribution is 2.31. The molecule has 0 spiro atoms. The van der Waals surface area contributed by atoms with E-state index in [0.29, 0.717) is 5.56 Å². The fourth-order valence-corrected chi connectivity index (χ4v) is 2.45. The van der Waals surface area contributed by atoms with Crippen molar-refractivity contribution in [3.8, 4) is 0 Å². The number of nitrogens with one attached hydrogen (secondary N) is 2. The Hall–Kier alpha value is -2.10. The molecule has 0 aliphatic carbocycles. The van der Waals surface area contributed by atoms with Gasteiger partial charge in [-0.2, -0.15) is 5.10 Å². The van der Waals surface area contributed by atoms with E-state index in [-0.39, 0.29) is 5.91 Å². The molecule has 1 aromatic rings. The zero-order valence-electron chi connectivity index (χ0n) is 10.1. The molecule has 0 saturated carbocycles. The zero-order valence-corrected chi connectivity index (χ0v) is 10.1. The van der Waals surface area contributed by atoms with Gasteiger partial charge in [0.25, 0.3) is 5.91 Å². The van der Waals surface area contributed by atoms with Crippen LogP contribution in [0.4, 0.5) is 5.69 Å². The lowest BCUT2D eigenvalue weighted by Gasteiger charge is -2.13. The molecule has 0 fully saturated rings. The molecule has 2 N–H and O–H groups in total. The Morgan fingerprint density at radius 3 is 3.06 bits per heavy atom. The second-order valence-electron chi connectivity index (χ2n) is 4.59. The van der Waals surface area contributed by atoms with Crippen LogP contribution in [0.3, 0.4) is 0 Å². The number of anilines is 1. The largest absolute Gasteiger partial charge is 0.385 e. The monoisotopic (exact) mass is 241 g/mol. The molecule has 4 nitrogen and oxygen atoms in total. The van der Waals surface area contributed by atoms with Crippen molar-refractivity contribution in [2.75, 3.05) is 11.9 Å². The maximum absolute atomic E-state index is 12.0. The highest BCUT2D eigenvalue weighted by atomic mass is 16.2. The summed E-state index contributed by atoms with van der Waals surface area (Å²) in [7, 11) is 0. The van der Waals surface area contributed by atoms with Crippen LogP contribution in [0.5, 0.6) is 0 Å². The maximum Gasteiger partial charge on any atom is 0.272 e. The lowest BCUT2D eigenvalue weighted by molar-refractivity contribution is 0.0955. The van der Waals surface area contributed by atoms with Crippen molar-refractivity contribution in [1.82, 2.24) is 5.43 Å². The van der Waals surface area contributed by atoms with Crippen molar-refractivity contribution in [2.24, 2.45) is 5.10 Å². The molecule has 0 radical (unpaired) electrons. The van der Waals surface area contributed by atoms with E-state index in [1.165, 1.54) is 0 Å². The smallest absolute Gasteiger partial charge is 0.272 e. The van der Waals surface area contributed by atoms with Crippen LogP contribution in [0.15, 0.2) is 29.9 Å². The van der Waals surface area contributed by atoms with E-state index < -0.39 is 0 Å². The standard InChI is InChI=1S/C14H15N3O/c1-9-11-6-2-3-8-15-12-7-4-5-10(13(9)12)14(18)17-16-11/h4-5,7,15H,1-3,6,8H2,(H,17,18). The van der Waals surface area contributed by atoms with Gasteiger partial charge in [0, 0.05) is 23.4 Å². The fraction of sp³-hybridized carbons (Fsp3) is 0.286. The van der Waals surface area contributed by atoms with E-state index in [9.17, 15) is 4.79 Å². The van der Waals surface area contributed by atoms with Crippen LogP contribution < -0.4 is 10.7 Å². The maximum atomic E-state index is 12.0. The molecule has 1 aromatic carbocycles. The molecule has 2 aliphatic rings. The summed E-state index contributed by atoms with van der Waals surface area (Å²) in [5.74, 6) is -0.162. The summed E-state index contributed by atoms with van der Waals surface area (Å²) >= 11 is 0. The van der Waals surface area contributed by atoms with Crippen molar-refractivity contribution in [3.63, 3.8) is 0 Å². The number of carbonyl (C=O) groups is 1. The number of hydrogen-bond donors (Lipinski definition) is 2. The average molecular weight is 241 g/mol.